The minimum Gasteiger partial charge on any atom is -0.384 e. The van der Waals surface area contributed by atoms with Crippen molar-refractivity contribution in [3.05, 3.63) is 28.7 Å². The molecule has 0 aliphatic heterocycles. The van der Waals surface area contributed by atoms with E-state index < -0.39 is 10.0 Å². The van der Waals surface area contributed by atoms with Gasteiger partial charge in [-0.3, -0.25) is 4.72 Å². The fourth-order valence-corrected chi connectivity index (χ4v) is 2.35. The molecule has 0 saturated carbocycles. The van der Waals surface area contributed by atoms with E-state index in [2.05, 4.69) is 20.7 Å². The van der Waals surface area contributed by atoms with Gasteiger partial charge in [-0.05, 0) is 18.2 Å². The molecule has 1 aromatic carbocycles. The molecule has 1 aromatic rings. The number of hydrogen-bond donors (Lipinski definition) is 1. The maximum atomic E-state index is 11.5. The second-order valence-corrected chi connectivity index (χ2v) is 5.68. The minimum atomic E-state index is -3.31. The van der Waals surface area contributed by atoms with Gasteiger partial charge < -0.3 is 4.74 Å². The van der Waals surface area contributed by atoms with Crippen LogP contribution in [-0.4, -0.2) is 27.9 Å². The second kappa shape index (κ2) is 5.48. The SMILES string of the molecule is COCCS(=O)(=O)Nc1cccc(Br)c1. The van der Waals surface area contributed by atoms with Gasteiger partial charge in [-0.25, -0.2) is 8.42 Å². The van der Waals surface area contributed by atoms with Crippen LogP contribution in [0.25, 0.3) is 0 Å². The van der Waals surface area contributed by atoms with Crippen LogP contribution in [0.1, 0.15) is 0 Å². The summed E-state index contributed by atoms with van der Waals surface area (Å²) in [5.74, 6) is -0.0456. The van der Waals surface area contributed by atoms with Crippen molar-refractivity contribution < 1.29 is 13.2 Å². The van der Waals surface area contributed by atoms with Crippen LogP contribution in [0.3, 0.4) is 0 Å². The number of benzene rings is 1. The summed E-state index contributed by atoms with van der Waals surface area (Å²) in [6.45, 7) is 0.184. The summed E-state index contributed by atoms with van der Waals surface area (Å²) in [5, 5.41) is 0. The van der Waals surface area contributed by atoms with Crippen molar-refractivity contribution in [3.63, 3.8) is 0 Å². The predicted octanol–water partition coefficient (Wildman–Crippen LogP) is 1.84. The lowest BCUT2D eigenvalue weighted by atomic mass is 10.3. The van der Waals surface area contributed by atoms with Gasteiger partial charge in [-0.2, -0.15) is 0 Å². The Labute approximate surface area is 97.8 Å². The summed E-state index contributed by atoms with van der Waals surface area (Å²) < 4.78 is 30.9. The lowest BCUT2D eigenvalue weighted by molar-refractivity contribution is 0.217. The van der Waals surface area contributed by atoms with Crippen LogP contribution in [0, 0.1) is 0 Å². The first kappa shape index (κ1) is 12.5. The van der Waals surface area contributed by atoms with Crippen LogP contribution in [0.2, 0.25) is 0 Å². The number of nitrogens with one attached hydrogen (secondary N) is 1. The summed E-state index contributed by atoms with van der Waals surface area (Å²) in [6.07, 6.45) is 0. The Hall–Kier alpha value is -0.590. The van der Waals surface area contributed by atoms with E-state index >= 15 is 0 Å². The molecule has 0 spiro atoms. The Balaban J connectivity index is 2.69. The molecule has 1 N–H and O–H groups in total. The molecule has 84 valence electrons. The van der Waals surface area contributed by atoms with Crippen molar-refractivity contribution in [2.75, 3.05) is 24.2 Å². The van der Waals surface area contributed by atoms with Gasteiger partial charge >= 0.3 is 0 Å². The summed E-state index contributed by atoms with van der Waals surface area (Å²) in [6, 6.07) is 6.98. The largest absolute Gasteiger partial charge is 0.384 e. The summed E-state index contributed by atoms with van der Waals surface area (Å²) in [7, 11) is -1.84. The zero-order valence-corrected chi connectivity index (χ0v) is 10.6. The van der Waals surface area contributed by atoms with E-state index in [0.29, 0.717) is 5.69 Å². The van der Waals surface area contributed by atoms with E-state index in [1.807, 2.05) is 6.07 Å². The fourth-order valence-electron chi connectivity index (χ4n) is 0.976. The highest BCUT2D eigenvalue weighted by Crippen LogP contribution is 2.16. The number of sulfonamides is 1. The Morgan fingerprint density at radius 1 is 1.47 bits per heavy atom. The van der Waals surface area contributed by atoms with Gasteiger partial charge in [0.1, 0.15) is 0 Å². The minimum absolute atomic E-state index is 0.0456. The predicted molar refractivity (Wildman–Crippen MR) is 63.4 cm³/mol. The lowest BCUT2D eigenvalue weighted by Crippen LogP contribution is -2.19. The van der Waals surface area contributed by atoms with Crippen LogP contribution in [0.5, 0.6) is 0 Å². The normalized spacial score (nSPS) is 11.3. The molecule has 0 unspecified atom stereocenters. The molecule has 0 bridgehead atoms. The number of anilines is 1. The third-order valence-corrected chi connectivity index (χ3v) is 3.40. The van der Waals surface area contributed by atoms with Gasteiger partial charge in [0, 0.05) is 17.3 Å². The Morgan fingerprint density at radius 2 is 2.20 bits per heavy atom. The highest BCUT2D eigenvalue weighted by atomic mass is 79.9. The topological polar surface area (TPSA) is 55.4 Å². The van der Waals surface area contributed by atoms with Gasteiger partial charge in [0.15, 0.2) is 0 Å². The van der Waals surface area contributed by atoms with Crippen molar-refractivity contribution in [1.29, 1.82) is 0 Å². The average molecular weight is 294 g/mol. The zero-order chi connectivity index (χ0) is 11.3. The van der Waals surface area contributed by atoms with E-state index in [1.165, 1.54) is 7.11 Å². The van der Waals surface area contributed by atoms with Gasteiger partial charge in [0.2, 0.25) is 10.0 Å². The first-order valence-corrected chi connectivity index (χ1v) is 6.73. The van der Waals surface area contributed by atoms with E-state index in [4.69, 9.17) is 4.74 Å². The molecule has 0 saturated heterocycles. The third kappa shape index (κ3) is 4.63. The molecule has 15 heavy (non-hydrogen) atoms. The van der Waals surface area contributed by atoms with Crippen molar-refractivity contribution in [2.24, 2.45) is 0 Å². The van der Waals surface area contributed by atoms with Crippen molar-refractivity contribution in [1.82, 2.24) is 0 Å². The van der Waals surface area contributed by atoms with E-state index in [1.54, 1.807) is 18.2 Å². The number of methoxy groups -OCH3 is 1. The molecule has 0 aliphatic rings. The first-order chi connectivity index (χ1) is 7.03. The van der Waals surface area contributed by atoms with Gasteiger partial charge in [0.25, 0.3) is 0 Å². The van der Waals surface area contributed by atoms with Crippen LogP contribution in [0.15, 0.2) is 28.7 Å². The maximum absolute atomic E-state index is 11.5. The fraction of sp³-hybridized carbons (Fsp3) is 0.333. The molecule has 0 radical (unpaired) electrons. The summed E-state index contributed by atoms with van der Waals surface area (Å²) >= 11 is 3.26. The Morgan fingerprint density at radius 3 is 2.80 bits per heavy atom. The summed E-state index contributed by atoms with van der Waals surface area (Å²) in [4.78, 5) is 0. The van der Waals surface area contributed by atoms with Crippen molar-refractivity contribution in [2.45, 2.75) is 0 Å². The highest BCUT2D eigenvalue weighted by Gasteiger charge is 2.09. The summed E-state index contributed by atoms with van der Waals surface area (Å²) in [5.41, 5.74) is 0.542. The highest BCUT2D eigenvalue weighted by molar-refractivity contribution is 9.10. The monoisotopic (exact) mass is 293 g/mol. The van der Waals surface area contributed by atoms with Gasteiger partial charge in [0.05, 0.1) is 12.4 Å². The van der Waals surface area contributed by atoms with Crippen molar-refractivity contribution in [3.8, 4) is 0 Å². The van der Waals surface area contributed by atoms with Gasteiger partial charge in [-0.15, -0.1) is 0 Å². The molecule has 1 rings (SSSR count). The van der Waals surface area contributed by atoms with Crippen molar-refractivity contribution >= 4 is 31.6 Å². The molecule has 0 aliphatic carbocycles. The van der Waals surface area contributed by atoms with E-state index in [-0.39, 0.29) is 12.4 Å². The van der Waals surface area contributed by atoms with E-state index in [0.717, 1.165) is 4.47 Å². The lowest BCUT2D eigenvalue weighted by Gasteiger charge is -2.07. The third-order valence-electron chi connectivity index (χ3n) is 1.65. The molecule has 0 amide bonds. The molecule has 0 atom stereocenters. The quantitative estimate of drug-likeness (QED) is 0.901. The Kier molecular flexibility index (Phi) is 4.56. The smallest absolute Gasteiger partial charge is 0.234 e. The first-order valence-electron chi connectivity index (χ1n) is 4.28. The number of ether oxygens (including phenoxy) is 1. The average Bonchev–Trinajstić information content (AvgIpc) is 2.14. The standard InChI is InChI=1S/C9H12BrNO3S/c1-14-5-6-15(12,13)11-9-4-2-3-8(10)7-9/h2-4,7,11H,5-6H2,1H3. The molecular formula is C9H12BrNO3S. The van der Waals surface area contributed by atoms with E-state index in [9.17, 15) is 8.42 Å². The molecule has 4 nitrogen and oxygen atoms in total. The van der Waals surface area contributed by atoms with Crippen LogP contribution in [-0.2, 0) is 14.8 Å². The molecule has 6 heteroatoms. The number of halogens is 1. The maximum Gasteiger partial charge on any atom is 0.234 e. The zero-order valence-electron chi connectivity index (χ0n) is 8.23. The molecule has 0 heterocycles. The number of rotatable bonds is 5. The molecule has 0 aromatic heterocycles. The molecule has 0 fully saturated rings. The Bertz CT molecular complexity index is 419. The van der Waals surface area contributed by atoms with Crippen LogP contribution in [0.4, 0.5) is 5.69 Å². The van der Waals surface area contributed by atoms with Crippen LogP contribution >= 0.6 is 15.9 Å². The molecular weight excluding hydrogens is 282 g/mol. The van der Waals surface area contributed by atoms with Gasteiger partial charge in [-0.1, -0.05) is 22.0 Å². The number of hydrogen-bond acceptors (Lipinski definition) is 3. The second-order valence-electron chi connectivity index (χ2n) is 2.92. The van der Waals surface area contributed by atoms with Crippen LogP contribution < -0.4 is 4.72 Å².